The fourth-order valence-corrected chi connectivity index (χ4v) is 1.49. The lowest BCUT2D eigenvalue weighted by atomic mass is 10.2. The minimum atomic E-state index is -0.270. The van der Waals surface area contributed by atoms with Gasteiger partial charge in [-0.15, -0.1) is 0 Å². The van der Waals surface area contributed by atoms with Crippen LogP contribution in [0.5, 0.6) is 0 Å². The Hall–Kier alpha value is -1.26. The van der Waals surface area contributed by atoms with E-state index >= 15 is 0 Å². The summed E-state index contributed by atoms with van der Waals surface area (Å²) >= 11 is 0. The third-order valence-electron chi connectivity index (χ3n) is 2.27. The highest BCUT2D eigenvalue weighted by Gasteiger charge is 2.16. The fraction of sp³-hybridized carbons (Fsp3) is 0.778. The number of rotatable bonds is 5. The minimum Gasteiger partial charge on any atom is -0.370 e. The van der Waals surface area contributed by atoms with E-state index in [0.29, 0.717) is 6.42 Å². The smallest absolute Gasteiger partial charge is 0.317 e. The summed E-state index contributed by atoms with van der Waals surface area (Å²) < 4.78 is 0. The number of unbranched alkanes of at least 4 members (excludes halogenated alkanes) is 1. The molecule has 0 radical (unpaired) electrons. The van der Waals surface area contributed by atoms with Crippen LogP contribution in [0.4, 0.5) is 4.79 Å². The predicted octanol–water partition coefficient (Wildman–Crippen LogP) is 0.0573. The van der Waals surface area contributed by atoms with Crippen molar-refractivity contribution in [2.45, 2.75) is 25.7 Å². The third-order valence-corrected chi connectivity index (χ3v) is 2.27. The van der Waals surface area contributed by atoms with Gasteiger partial charge in [-0.2, -0.15) is 0 Å². The van der Waals surface area contributed by atoms with Crippen LogP contribution in [-0.4, -0.2) is 36.5 Å². The highest BCUT2D eigenvalue weighted by molar-refractivity contribution is 5.75. The maximum atomic E-state index is 11.2. The van der Waals surface area contributed by atoms with Gasteiger partial charge in [0, 0.05) is 26.1 Å². The van der Waals surface area contributed by atoms with Gasteiger partial charge in [0.2, 0.25) is 5.91 Å². The molecule has 1 rings (SSSR count). The summed E-state index contributed by atoms with van der Waals surface area (Å²) in [6.07, 6.45) is 3.02. The molecule has 3 N–H and O–H groups in total. The zero-order chi connectivity index (χ0) is 10.4. The van der Waals surface area contributed by atoms with Gasteiger partial charge in [-0.1, -0.05) is 0 Å². The first-order valence-electron chi connectivity index (χ1n) is 5.01. The standard InChI is InChI=1S/C9H17N3O2/c10-8(13)4-1-2-6-12-7-3-5-11-9(12)14/h1-7H2,(H2,10,13)(H,11,14). The van der Waals surface area contributed by atoms with E-state index in [1.807, 2.05) is 0 Å². The minimum absolute atomic E-state index is 0.00956. The number of nitrogens with two attached hydrogens (primary N) is 1. The monoisotopic (exact) mass is 199 g/mol. The Morgan fingerprint density at radius 2 is 2.29 bits per heavy atom. The van der Waals surface area contributed by atoms with Crippen LogP contribution in [0.25, 0.3) is 0 Å². The van der Waals surface area contributed by atoms with E-state index in [1.54, 1.807) is 4.90 Å². The third kappa shape index (κ3) is 3.64. The average molecular weight is 199 g/mol. The van der Waals surface area contributed by atoms with Gasteiger partial charge in [-0.3, -0.25) is 4.79 Å². The molecule has 0 aromatic carbocycles. The maximum absolute atomic E-state index is 11.2. The van der Waals surface area contributed by atoms with Crippen LogP contribution in [0.1, 0.15) is 25.7 Å². The number of urea groups is 1. The summed E-state index contributed by atoms with van der Waals surface area (Å²) in [4.78, 5) is 23.5. The summed E-state index contributed by atoms with van der Waals surface area (Å²) in [5.74, 6) is -0.270. The van der Waals surface area contributed by atoms with Crippen LogP contribution in [-0.2, 0) is 4.79 Å². The van der Waals surface area contributed by atoms with Crippen LogP contribution in [0.15, 0.2) is 0 Å². The van der Waals surface area contributed by atoms with Crippen molar-refractivity contribution in [2.24, 2.45) is 5.73 Å². The summed E-state index contributed by atoms with van der Waals surface area (Å²) in [6.45, 7) is 2.32. The second-order valence-electron chi connectivity index (χ2n) is 3.50. The number of primary amides is 1. The highest BCUT2D eigenvalue weighted by Crippen LogP contribution is 2.03. The topological polar surface area (TPSA) is 75.4 Å². The van der Waals surface area contributed by atoms with Gasteiger partial charge < -0.3 is 16.0 Å². The zero-order valence-electron chi connectivity index (χ0n) is 8.29. The summed E-state index contributed by atoms with van der Waals surface area (Å²) in [5, 5.41) is 2.78. The molecule has 0 unspecified atom stereocenters. The van der Waals surface area contributed by atoms with E-state index in [-0.39, 0.29) is 11.9 Å². The van der Waals surface area contributed by atoms with Crippen LogP contribution in [0.3, 0.4) is 0 Å². The predicted molar refractivity (Wildman–Crippen MR) is 52.6 cm³/mol. The van der Waals surface area contributed by atoms with Crippen molar-refractivity contribution in [3.05, 3.63) is 0 Å². The molecule has 1 saturated heterocycles. The van der Waals surface area contributed by atoms with Crippen molar-refractivity contribution in [1.29, 1.82) is 0 Å². The van der Waals surface area contributed by atoms with Crippen molar-refractivity contribution in [3.63, 3.8) is 0 Å². The van der Waals surface area contributed by atoms with Crippen molar-refractivity contribution >= 4 is 11.9 Å². The van der Waals surface area contributed by atoms with Gasteiger partial charge in [0.05, 0.1) is 0 Å². The van der Waals surface area contributed by atoms with Crippen LogP contribution in [0.2, 0.25) is 0 Å². The van der Waals surface area contributed by atoms with Gasteiger partial charge in [-0.05, 0) is 19.3 Å². The molecule has 1 fully saturated rings. The van der Waals surface area contributed by atoms with E-state index in [9.17, 15) is 9.59 Å². The number of carbonyl (C=O) groups is 2. The lowest BCUT2D eigenvalue weighted by Gasteiger charge is -2.27. The van der Waals surface area contributed by atoms with E-state index in [0.717, 1.165) is 38.9 Å². The first-order valence-corrected chi connectivity index (χ1v) is 5.01. The zero-order valence-corrected chi connectivity index (χ0v) is 8.29. The number of carbonyl (C=O) groups excluding carboxylic acids is 2. The van der Waals surface area contributed by atoms with Crippen LogP contribution in [0, 0.1) is 0 Å². The first kappa shape index (κ1) is 10.8. The molecule has 0 spiro atoms. The molecule has 5 heteroatoms. The molecule has 0 aromatic heterocycles. The summed E-state index contributed by atoms with van der Waals surface area (Å²) in [7, 11) is 0. The summed E-state index contributed by atoms with van der Waals surface area (Å²) in [6, 6.07) is 0.00956. The first-order chi connectivity index (χ1) is 6.70. The number of nitrogens with one attached hydrogen (secondary N) is 1. The van der Waals surface area contributed by atoms with Gasteiger partial charge in [-0.25, -0.2) is 4.79 Å². The largest absolute Gasteiger partial charge is 0.370 e. The number of hydrogen-bond acceptors (Lipinski definition) is 2. The van der Waals surface area contributed by atoms with Crippen LogP contribution >= 0.6 is 0 Å². The molecule has 1 aliphatic heterocycles. The molecule has 5 nitrogen and oxygen atoms in total. The molecule has 0 aliphatic carbocycles. The van der Waals surface area contributed by atoms with Crippen molar-refractivity contribution < 1.29 is 9.59 Å². The highest BCUT2D eigenvalue weighted by atomic mass is 16.2. The Balaban J connectivity index is 2.10. The van der Waals surface area contributed by atoms with E-state index in [1.165, 1.54) is 0 Å². The van der Waals surface area contributed by atoms with E-state index in [4.69, 9.17) is 5.73 Å². The molecule has 0 saturated carbocycles. The van der Waals surface area contributed by atoms with Crippen molar-refractivity contribution in [1.82, 2.24) is 10.2 Å². The lowest BCUT2D eigenvalue weighted by Crippen LogP contribution is -2.46. The van der Waals surface area contributed by atoms with Gasteiger partial charge in [0.25, 0.3) is 0 Å². The van der Waals surface area contributed by atoms with Gasteiger partial charge in [0.15, 0.2) is 0 Å². The Morgan fingerprint density at radius 1 is 1.50 bits per heavy atom. The normalized spacial score (nSPS) is 16.6. The van der Waals surface area contributed by atoms with Gasteiger partial charge in [0.1, 0.15) is 0 Å². The number of nitrogens with zero attached hydrogens (tertiary/aromatic N) is 1. The molecular formula is C9H17N3O2. The Morgan fingerprint density at radius 3 is 2.93 bits per heavy atom. The molecule has 14 heavy (non-hydrogen) atoms. The molecule has 1 aliphatic rings. The number of amides is 3. The molecular weight excluding hydrogens is 182 g/mol. The second-order valence-corrected chi connectivity index (χ2v) is 3.50. The quantitative estimate of drug-likeness (QED) is 0.614. The maximum Gasteiger partial charge on any atom is 0.317 e. The number of hydrogen-bond donors (Lipinski definition) is 2. The van der Waals surface area contributed by atoms with Crippen molar-refractivity contribution in [3.8, 4) is 0 Å². The van der Waals surface area contributed by atoms with E-state index < -0.39 is 0 Å². The van der Waals surface area contributed by atoms with Crippen molar-refractivity contribution in [2.75, 3.05) is 19.6 Å². The van der Waals surface area contributed by atoms with Crippen LogP contribution < -0.4 is 11.1 Å². The average Bonchev–Trinajstić information content (AvgIpc) is 2.15. The molecule has 1 heterocycles. The fourth-order valence-electron chi connectivity index (χ4n) is 1.49. The molecule has 80 valence electrons. The Kier molecular flexibility index (Phi) is 4.22. The Labute approximate surface area is 83.6 Å². The van der Waals surface area contributed by atoms with Gasteiger partial charge >= 0.3 is 6.03 Å². The molecule has 3 amide bonds. The second kappa shape index (κ2) is 5.47. The molecule has 0 bridgehead atoms. The summed E-state index contributed by atoms with van der Waals surface area (Å²) in [5.41, 5.74) is 5.01. The lowest BCUT2D eigenvalue weighted by molar-refractivity contribution is -0.118. The Bertz CT molecular complexity index is 218. The molecule has 0 aromatic rings. The molecule has 0 atom stereocenters. The SMILES string of the molecule is NC(=O)CCCCN1CCCNC1=O. The van der Waals surface area contributed by atoms with E-state index in [2.05, 4.69) is 5.32 Å².